The maximum absolute atomic E-state index is 10.3. The molecular weight excluding hydrogens is 214 g/mol. The van der Waals surface area contributed by atoms with E-state index in [0.29, 0.717) is 18.4 Å². The van der Waals surface area contributed by atoms with E-state index in [-0.39, 0.29) is 0 Å². The third-order valence-corrected chi connectivity index (χ3v) is 2.44. The Balaban J connectivity index is 2.08. The molecule has 2 aromatic rings. The summed E-state index contributed by atoms with van der Waals surface area (Å²) in [6.07, 6.45) is 3.55. The Morgan fingerprint density at radius 1 is 1.35 bits per heavy atom. The van der Waals surface area contributed by atoms with E-state index < -0.39 is 0 Å². The number of nitriles is 1. The molecule has 1 aromatic heterocycles. The van der Waals surface area contributed by atoms with Crippen molar-refractivity contribution < 1.29 is 4.79 Å². The van der Waals surface area contributed by atoms with Gasteiger partial charge in [0, 0.05) is 24.7 Å². The van der Waals surface area contributed by atoms with Gasteiger partial charge in [-0.25, -0.2) is 4.98 Å². The van der Waals surface area contributed by atoms with Crippen LogP contribution in [-0.2, 0) is 17.6 Å². The number of aldehydes is 1. The van der Waals surface area contributed by atoms with Crippen molar-refractivity contribution in [1.82, 2.24) is 9.97 Å². The number of benzene rings is 1. The van der Waals surface area contributed by atoms with Crippen molar-refractivity contribution in [2.45, 2.75) is 12.8 Å². The van der Waals surface area contributed by atoms with Gasteiger partial charge in [-0.05, 0) is 17.7 Å². The summed E-state index contributed by atoms with van der Waals surface area (Å²) in [5, 5.41) is 8.68. The maximum atomic E-state index is 10.3. The zero-order chi connectivity index (χ0) is 12.1. The molecular formula is C13H11N3O. The first kappa shape index (κ1) is 11.1. The lowest BCUT2D eigenvalue weighted by molar-refractivity contribution is -0.107. The standard InChI is InChI=1S/C13H11N3O/c14-8-11-3-1-10(2-4-11)7-13-15-9-12(16-13)5-6-17/h1-4,6,9H,5,7H2,(H,15,16). The summed E-state index contributed by atoms with van der Waals surface area (Å²) < 4.78 is 0. The summed E-state index contributed by atoms with van der Waals surface area (Å²) in [6.45, 7) is 0. The van der Waals surface area contributed by atoms with Gasteiger partial charge in [-0.1, -0.05) is 12.1 Å². The number of hydrogen-bond acceptors (Lipinski definition) is 3. The van der Waals surface area contributed by atoms with Gasteiger partial charge in [0.2, 0.25) is 0 Å². The summed E-state index contributed by atoms with van der Waals surface area (Å²) in [6, 6.07) is 9.45. The molecule has 0 aliphatic carbocycles. The topological polar surface area (TPSA) is 69.5 Å². The van der Waals surface area contributed by atoms with Crippen LogP contribution < -0.4 is 0 Å². The van der Waals surface area contributed by atoms with Crippen LogP contribution in [0.25, 0.3) is 0 Å². The van der Waals surface area contributed by atoms with Gasteiger partial charge in [-0.3, -0.25) is 0 Å². The fourth-order valence-electron chi connectivity index (χ4n) is 1.58. The second-order valence-corrected chi connectivity index (χ2v) is 3.71. The van der Waals surface area contributed by atoms with Crippen molar-refractivity contribution >= 4 is 6.29 Å². The van der Waals surface area contributed by atoms with Crippen molar-refractivity contribution in [2.75, 3.05) is 0 Å². The van der Waals surface area contributed by atoms with Gasteiger partial charge in [0.15, 0.2) is 0 Å². The average Bonchev–Trinajstić information content (AvgIpc) is 2.78. The first-order valence-corrected chi connectivity index (χ1v) is 5.27. The van der Waals surface area contributed by atoms with Gasteiger partial charge in [0.1, 0.15) is 12.1 Å². The van der Waals surface area contributed by atoms with Crippen LogP contribution in [0, 0.1) is 11.3 Å². The maximum Gasteiger partial charge on any atom is 0.125 e. The first-order chi connectivity index (χ1) is 8.31. The minimum Gasteiger partial charge on any atom is -0.345 e. The minimum absolute atomic E-state index is 0.361. The predicted octanol–water partition coefficient (Wildman–Crippen LogP) is 1.61. The van der Waals surface area contributed by atoms with Crippen LogP contribution in [0.3, 0.4) is 0 Å². The van der Waals surface area contributed by atoms with E-state index in [2.05, 4.69) is 16.0 Å². The zero-order valence-electron chi connectivity index (χ0n) is 9.18. The lowest BCUT2D eigenvalue weighted by atomic mass is 10.1. The number of aromatic nitrogens is 2. The minimum atomic E-state index is 0.361. The van der Waals surface area contributed by atoms with Gasteiger partial charge >= 0.3 is 0 Å². The van der Waals surface area contributed by atoms with Crippen LogP contribution in [0.5, 0.6) is 0 Å². The summed E-state index contributed by atoms with van der Waals surface area (Å²) in [4.78, 5) is 17.6. The highest BCUT2D eigenvalue weighted by atomic mass is 16.1. The van der Waals surface area contributed by atoms with E-state index in [0.717, 1.165) is 23.4 Å². The number of nitrogens with zero attached hydrogens (tertiary/aromatic N) is 2. The second kappa shape index (κ2) is 5.08. The molecule has 0 aliphatic heterocycles. The van der Waals surface area contributed by atoms with Crippen molar-refractivity contribution in [3.63, 3.8) is 0 Å². The summed E-state index contributed by atoms with van der Waals surface area (Å²) in [7, 11) is 0. The molecule has 1 N–H and O–H groups in total. The molecule has 1 aromatic carbocycles. The highest BCUT2D eigenvalue weighted by molar-refractivity contribution is 5.53. The smallest absolute Gasteiger partial charge is 0.125 e. The Hall–Kier alpha value is -2.41. The van der Waals surface area contributed by atoms with Gasteiger partial charge < -0.3 is 9.78 Å². The molecule has 0 aliphatic rings. The predicted molar refractivity (Wildman–Crippen MR) is 62.3 cm³/mol. The molecule has 0 atom stereocenters. The molecule has 1 heterocycles. The van der Waals surface area contributed by atoms with Crippen molar-refractivity contribution in [3.05, 3.63) is 53.1 Å². The molecule has 0 fully saturated rings. The van der Waals surface area contributed by atoms with E-state index in [4.69, 9.17) is 5.26 Å². The second-order valence-electron chi connectivity index (χ2n) is 3.71. The summed E-state index contributed by atoms with van der Waals surface area (Å²) in [5.74, 6) is 0.826. The molecule has 17 heavy (non-hydrogen) atoms. The number of imidazole rings is 1. The first-order valence-electron chi connectivity index (χ1n) is 5.27. The lowest BCUT2D eigenvalue weighted by Crippen LogP contribution is -1.92. The van der Waals surface area contributed by atoms with Crippen molar-refractivity contribution in [3.8, 4) is 6.07 Å². The Morgan fingerprint density at radius 3 is 2.76 bits per heavy atom. The van der Waals surface area contributed by atoms with Crippen LogP contribution in [-0.4, -0.2) is 16.3 Å². The van der Waals surface area contributed by atoms with Crippen LogP contribution in [0.15, 0.2) is 30.5 Å². The Kier molecular flexibility index (Phi) is 3.31. The third-order valence-electron chi connectivity index (χ3n) is 2.44. The van der Waals surface area contributed by atoms with E-state index in [9.17, 15) is 4.79 Å². The van der Waals surface area contributed by atoms with E-state index in [1.54, 1.807) is 18.3 Å². The molecule has 4 heteroatoms. The lowest BCUT2D eigenvalue weighted by Gasteiger charge is -1.98. The molecule has 0 bridgehead atoms. The van der Waals surface area contributed by atoms with Crippen LogP contribution >= 0.6 is 0 Å². The molecule has 4 nitrogen and oxygen atoms in total. The normalized spacial score (nSPS) is 9.82. The quantitative estimate of drug-likeness (QED) is 0.804. The zero-order valence-corrected chi connectivity index (χ0v) is 9.18. The Labute approximate surface area is 98.9 Å². The molecule has 0 saturated heterocycles. The van der Waals surface area contributed by atoms with E-state index >= 15 is 0 Å². The van der Waals surface area contributed by atoms with Gasteiger partial charge in [-0.2, -0.15) is 5.26 Å². The average molecular weight is 225 g/mol. The molecule has 0 spiro atoms. The number of carbonyl (C=O) groups excluding carboxylic acids is 1. The Morgan fingerprint density at radius 2 is 2.12 bits per heavy atom. The van der Waals surface area contributed by atoms with Crippen LogP contribution in [0.4, 0.5) is 0 Å². The number of aromatic amines is 1. The Bertz CT molecular complexity index is 549. The number of carbonyl (C=O) groups is 1. The van der Waals surface area contributed by atoms with Crippen molar-refractivity contribution in [1.29, 1.82) is 5.26 Å². The molecule has 0 radical (unpaired) electrons. The molecule has 0 amide bonds. The number of H-pyrrole nitrogens is 1. The van der Waals surface area contributed by atoms with Gasteiger partial charge in [0.05, 0.1) is 11.6 Å². The molecule has 84 valence electrons. The SMILES string of the molecule is N#Cc1ccc(Cc2ncc(CC=O)[nH]2)cc1. The van der Waals surface area contributed by atoms with Gasteiger partial charge in [-0.15, -0.1) is 0 Å². The monoisotopic (exact) mass is 225 g/mol. The molecule has 0 saturated carbocycles. The highest BCUT2D eigenvalue weighted by Crippen LogP contribution is 2.08. The third kappa shape index (κ3) is 2.79. The number of hydrogen-bond donors (Lipinski definition) is 1. The van der Waals surface area contributed by atoms with Crippen molar-refractivity contribution in [2.24, 2.45) is 0 Å². The number of rotatable bonds is 4. The highest BCUT2D eigenvalue weighted by Gasteiger charge is 2.02. The molecule has 2 rings (SSSR count). The molecule has 0 unspecified atom stereocenters. The fourth-order valence-corrected chi connectivity index (χ4v) is 1.58. The van der Waals surface area contributed by atoms with Gasteiger partial charge in [0.25, 0.3) is 0 Å². The fraction of sp³-hybridized carbons (Fsp3) is 0.154. The summed E-state index contributed by atoms with van der Waals surface area (Å²) >= 11 is 0. The van der Waals surface area contributed by atoms with E-state index in [1.807, 2.05) is 12.1 Å². The summed E-state index contributed by atoms with van der Waals surface area (Å²) in [5.41, 5.74) is 2.55. The van der Waals surface area contributed by atoms with Crippen LogP contribution in [0.2, 0.25) is 0 Å². The number of nitrogens with one attached hydrogen (secondary N) is 1. The van der Waals surface area contributed by atoms with E-state index in [1.165, 1.54) is 0 Å². The van der Waals surface area contributed by atoms with Crippen LogP contribution in [0.1, 0.15) is 22.6 Å². The largest absolute Gasteiger partial charge is 0.345 e.